The number of nitrogens with two attached hydrogens (primary N) is 1. The molecule has 0 fully saturated rings. The first-order valence-corrected chi connectivity index (χ1v) is 6.87. The Kier molecular flexibility index (Phi) is 4.60. The Labute approximate surface area is 133 Å². The highest BCUT2D eigenvalue weighted by atomic mass is 35.5. The van der Waals surface area contributed by atoms with Gasteiger partial charge in [0.05, 0.1) is 28.4 Å². The molecule has 2 rings (SSSR count). The molecule has 2 aromatic rings. The number of rotatable bonds is 3. The number of halogens is 2. The predicted octanol–water partition coefficient (Wildman–Crippen LogP) is 3.86. The van der Waals surface area contributed by atoms with Gasteiger partial charge in [-0.15, -0.1) is 0 Å². The van der Waals surface area contributed by atoms with Crippen molar-refractivity contribution in [3.63, 3.8) is 0 Å². The van der Waals surface area contributed by atoms with E-state index in [0.717, 1.165) is 0 Å². The Hall–Kier alpha value is -1.91. The monoisotopic (exact) mass is 324 g/mol. The number of nitrogen functional groups attached to an aromatic ring is 1. The molecule has 4 nitrogen and oxygen atoms in total. The molecule has 21 heavy (non-hydrogen) atoms. The van der Waals surface area contributed by atoms with Gasteiger partial charge in [0.15, 0.2) is 0 Å². The molecule has 0 aliphatic carbocycles. The summed E-state index contributed by atoms with van der Waals surface area (Å²) in [5, 5.41) is 0.422. The SMILES string of the molecule is COc1ccccc1N(C)C(=O)c1cc(N)cc(Cl)c1Cl. The lowest BCUT2D eigenvalue weighted by atomic mass is 10.1. The molecule has 2 N–H and O–H groups in total. The van der Waals surface area contributed by atoms with Crippen LogP contribution in [0.1, 0.15) is 10.4 Å². The standard InChI is InChI=1S/C15H14Cl2N2O2/c1-19(12-5-3-4-6-13(12)21-2)15(20)10-7-9(18)8-11(16)14(10)17/h3-8H,18H2,1-2H3. The first-order valence-electron chi connectivity index (χ1n) is 6.11. The van der Waals surface area contributed by atoms with Crippen molar-refractivity contribution >= 4 is 40.5 Å². The van der Waals surface area contributed by atoms with Gasteiger partial charge in [0, 0.05) is 12.7 Å². The van der Waals surface area contributed by atoms with Gasteiger partial charge in [-0.25, -0.2) is 0 Å². The van der Waals surface area contributed by atoms with Gasteiger partial charge in [0.1, 0.15) is 5.75 Å². The Morgan fingerprint density at radius 1 is 1.24 bits per heavy atom. The van der Waals surface area contributed by atoms with Gasteiger partial charge in [-0.2, -0.15) is 0 Å². The van der Waals surface area contributed by atoms with Crippen LogP contribution in [0, 0.1) is 0 Å². The maximum absolute atomic E-state index is 12.6. The summed E-state index contributed by atoms with van der Waals surface area (Å²) in [6, 6.07) is 10.2. The van der Waals surface area contributed by atoms with Crippen molar-refractivity contribution < 1.29 is 9.53 Å². The molecule has 0 saturated carbocycles. The summed E-state index contributed by atoms with van der Waals surface area (Å²) in [4.78, 5) is 14.1. The van der Waals surface area contributed by atoms with Gasteiger partial charge in [0.2, 0.25) is 0 Å². The Morgan fingerprint density at radius 2 is 1.90 bits per heavy atom. The topological polar surface area (TPSA) is 55.6 Å². The van der Waals surface area contributed by atoms with E-state index in [1.54, 1.807) is 26.3 Å². The zero-order chi connectivity index (χ0) is 15.6. The second-order valence-corrected chi connectivity index (χ2v) is 5.19. The number of ether oxygens (including phenoxy) is 1. The molecule has 0 aromatic heterocycles. The fraction of sp³-hybridized carbons (Fsp3) is 0.133. The quantitative estimate of drug-likeness (QED) is 0.872. The van der Waals surface area contributed by atoms with E-state index in [1.165, 1.54) is 17.0 Å². The minimum atomic E-state index is -0.321. The fourth-order valence-electron chi connectivity index (χ4n) is 1.96. The average molecular weight is 325 g/mol. The highest BCUT2D eigenvalue weighted by molar-refractivity contribution is 6.44. The minimum Gasteiger partial charge on any atom is -0.495 e. The number of carbonyl (C=O) groups is 1. The summed E-state index contributed by atoms with van der Waals surface area (Å²) in [6.07, 6.45) is 0. The number of hydrogen-bond donors (Lipinski definition) is 1. The van der Waals surface area contributed by atoms with Crippen LogP contribution in [-0.2, 0) is 0 Å². The number of para-hydroxylation sites is 2. The predicted molar refractivity (Wildman–Crippen MR) is 86.6 cm³/mol. The molecule has 0 spiro atoms. The van der Waals surface area contributed by atoms with E-state index in [4.69, 9.17) is 33.7 Å². The summed E-state index contributed by atoms with van der Waals surface area (Å²) in [5.74, 6) is 0.262. The molecule has 110 valence electrons. The van der Waals surface area contributed by atoms with Crippen molar-refractivity contribution in [2.75, 3.05) is 24.8 Å². The van der Waals surface area contributed by atoms with Gasteiger partial charge in [0.25, 0.3) is 5.91 Å². The van der Waals surface area contributed by atoms with E-state index < -0.39 is 0 Å². The lowest BCUT2D eigenvalue weighted by Gasteiger charge is -2.20. The summed E-state index contributed by atoms with van der Waals surface area (Å²) < 4.78 is 5.25. The summed E-state index contributed by atoms with van der Waals surface area (Å²) >= 11 is 12.1. The Morgan fingerprint density at radius 3 is 2.57 bits per heavy atom. The van der Waals surface area contributed by atoms with E-state index in [-0.39, 0.29) is 21.5 Å². The molecule has 0 heterocycles. The summed E-state index contributed by atoms with van der Waals surface area (Å²) in [6.45, 7) is 0. The summed E-state index contributed by atoms with van der Waals surface area (Å²) in [7, 11) is 3.18. The lowest BCUT2D eigenvalue weighted by Crippen LogP contribution is -2.27. The Balaban J connectivity index is 2.45. The zero-order valence-electron chi connectivity index (χ0n) is 11.6. The molecule has 0 aliphatic heterocycles. The molecule has 1 amide bonds. The van der Waals surface area contributed by atoms with E-state index in [2.05, 4.69) is 0 Å². The van der Waals surface area contributed by atoms with Gasteiger partial charge >= 0.3 is 0 Å². The van der Waals surface area contributed by atoms with Gasteiger partial charge < -0.3 is 15.4 Å². The maximum atomic E-state index is 12.6. The highest BCUT2D eigenvalue weighted by Gasteiger charge is 2.21. The fourth-order valence-corrected chi connectivity index (χ4v) is 2.38. The van der Waals surface area contributed by atoms with Gasteiger partial charge in [-0.3, -0.25) is 4.79 Å². The molecular formula is C15H14Cl2N2O2. The molecule has 0 unspecified atom stereocenters. The van der Waals surface area contributed by atoms with Crippen LogP contribution in [-0.4, -0.2) is 20.1 Å². The third kappa shape index (κ3) is 3.06. The third-order valence-corrected chi connectivity index (χ3v) is 3.83. The lowest BCUT2D eigenvalue weighted by molar-refractivity contribution is 0.0992. The average Bonchev–Trinajstić information content (AvgIpc) is 2.49. The van der Waals surface area contributed by atoms with Crippen molar-refractivity contribution in [2.45, 2.75) is 0 Å². The van der Waals surface area contributed by atoms with Crippen molar-refractivity contribution in [3.8, 4) is 5.75 Å². The van der Waals surface area contributed by atoms with Crippen molar-refractivity contribution in [2.24, 2.45) is 0 Å². The Bertz CT molecular complexity index is 689. The smallest absolute Gasteiger partial charge is 0.259 e. The number of benzene rings is 2. The second-order valence-electron chi connectivity index (χ2n) is 4.40. The van der Waals surface area contributed by atoms with E-state index in [0.29, 0.717) is 17.1 Å². The van der Waals surface area contributed by atoms with E-state index in [1.807, 2.05) is 12.1 Å². The van der Waals surface area contributed by atoms with Crippen LogP contribution in [0.15, 0.2) is 36.4 Å². The van der Waals surface area contributed by atoms with Crippen LogP contribution in [0.25, 0.3) is 0 Å². The molecule has 0 radical (unpaired) electrons. The van der Waals surface area contributed by atoms with Gasteiger partial charge in [-0.05, 0) is 24.3 Å². The third-order valence-electron chi connectivity index (χ3n) is 3.03. The normalized spacial score (nSPS) is 10.3. The van der Waals surface area contributed by atoms with Crippen LogP contribution in [0.4, 0.5) is 11.4 Å². The van der Waals surface area contributed by atoms with Crippen LogP contribution in [0.3, 0.4) is 0 Å². The number of anilines is 2. The molecule has 0 bridgehead atoms. The first-order chi connectivity index (χ1) is 9.95. The number of nitrogens with zero attached hydrogens (tertiary/aromatic N) is 1. The van der Waals surface area contributed by atoms with Crippen LogP contribution < -0.4 is 15.4 Å². The highest BCUT2D eigenvalue weighted by Crippen LogP contribution is 2.32. The van der Waals surface area contributed by atoms with Crippen LogP contribution >= 0.6 is 23.2 Å². The van der Waals surface area contributed by atoms with E-state index in [9.17, 15) is 4.79 Å². The van der Waals surface area contributed by atoms with Crippen LogP contribution in [0.2, 0.25) is 10.0 Å². The van der Waals surface area contributed by atoms with Crippen molar-refractivity contribution in [3.05, 3.63) is 52.0 Å². The number of amides is 1. The number of methoxy groups -OCH3 is 1. The molecular weight excluding hydrogens is 311 g/mol. The van der Waals surface area contributed by atoms with Crippen molar-refractivity contribution in [1.29, 1.82) is 0 Å². The number of hydrogen-bond acceptors (Lipinski definition) is 3. The maximum Gasteiger partial charge on any atom is 0.259 e. The van der Waals surface area contributed by atoms with Gasteiger partial charge in [-0.1, -0.05) is 35.3 Å². The molecule has 0 atom stereocenters. The molecule has 0 saturated heterocycles. The second kappa shape index (κ2) is 6.24. The van der Waals surface area contributed by atoms with E-state index >= 15 is 0 Å². The molecule has 6 heteroatoms. The zero-order valence-corrected chi connectivity index (χ0v) is 13.1. The number of carbonyl (C=O) groups excluding carboxylic acids is 1. The van der Waals surface area contributed by atoms with Crippen LogP contribution in [0.5, 0.6) is 5.75 Å². The first kappa shape index (κ1) is 15.5. The minimum absolute atomic E-state index is 0.178. The molecule has 0 aliphatic rings. The molecule has 2 aromatic carbocycles. The summed E-state index contributed by atoms with van der Waals surface area (Å²) in [5.41, 5.74) is 6.97. The largest absolute Gasteiger partial charge is 0.495 e. The van der Waals surface area contributed by atoms with Crippen molar-refractivity contribution in [1.82, 2.24) is 0 Å².